The number of nitrogens with zero attached hydrogens (tertiary/aromatic N) is 2. The Balaban J connectivity index is 1.94. The zero-order chi connectivity index (χ0) is 14.8. The summed E-state index contributed by atoms with van der Waals surface area (Å²) in [6.07, 6.45) is 5.54. The number of halogens is 1. The van der Waals surface area contributed by atoms with Crippen LogP contribution in [0.25, 0.3) is 5.69 Å². The normalized spacial score (nSPS) is 14.6. The van der Waals surface area contributed by atoms with E-state index in [0.29, 0.717) is 5.92 Å². The van der Waals surface area contributed by atoms with E-state index >= 15 is 0 Å². The van der Waals surface area contributed by atoms with E-state index in [2.05, 4.69) is 17.3 Å². The molecule has 2 aromatic rings. The molecule has 0 radical (unpaired) electrons. The van der Waals surface area contributed by atoms with Crippen LogP contribution in [-0.4, -0.2) is 16.3 Å². The lowest BCUT2D eigenvalue weighted by Crippen LogP contribution is -2.15. The van der Waals surface area contributed by atoms with E-state index in [4.69, 9.17) is 0 Å². The Morgan fingerprint density at radius 2 is 2.19 bits per heavy atom. The summed E-state index contributed by atoms with van der Waals surface area (Å²) >= 11 is 0. The fourth-order valence-electron chi connectivity index (χ4n) is 2.77. The lowest BCUT2D eigenvalue weighted by atomic mass is 10.1. The number of hydrogen-bond acceptors (Lipinski definition) is 2. The topological polar surface area (TPSA) is 29.9 Å². The summed E-state index contributed by atoms with van der Waals surface area (Å²) in [5.74, 6) is 0.414. The average molecular weight is 287 g/mol. The Kier molecular flexibility index (Phi) is 4.06. The molecule has 0 aliphatic heterocycles. The highest BCUT2D eigenvalue weighted by atomic mass is 19.1. The van der Waals surface area contributed by atoms with Gasteiger partial charge in [-0.1, -0.05) is 6.92 Å². The quantitative estimate of drug-likeness (QED) is 0.821. The fourth-order valence-corrected chi connectivity index (χ4v) is 2.77. The number of hydrogen-bond donors (Lipinski definition) is 1. The second kappa shape index (κ2) is 5.98. The Hall–Kier alpha value is -1.68. The molecule has 1 saturated carbocycles. The molecule has 1 aliphatic rings. The summed E-state index contributed by atoms with van der Waals surface area (Å²) in [6, 6.07) is 4.91. The minimum Gasteiger partial charge on any atom is -0.313 e. The first kappa shape index (κ1) is 14.3. The van der Waals surface area contributed by atoms with E-state index in [1.54, 1.807) is 6.07 Å². The van der Waals surface area contributed by atoms with Crippen molar-refractivity contribution in [2.45, 2.75) is 45.6 Å². The number of aryl methyl sites for hydroxylation is 1. The molecule has 0 unspecified atom stereocenters. The summed E-state index contributed by atoms with van der Waals surface area (Å²) in [5, 5.41) is 8.02. The van der Waals surface area contributed by atoms with Crippen molar-refractivity contribution in [2.75, 3.05) is 6.54 Å². The smallest absolute Gasteiger partial charge is 0.123 e. The molecule has 4 heteroatoms. The monoisotopic (exact) mass is 287 g/mol. The minimum absolute atomic E-state index is 0.193. The summed E-state index contributed by atoms with van der Waals surface area (Å²) in [7, 11) is 0. The van der Waals surface area contributed by atoms with Crippen LogP contribution >= 0.6 is 0 Å². The molecule has 0 bridgehead atoms. The molecule has 1 N–H and O–H groups in total. The molecule has 21 heavy (non-hydrogen) atoms. The Morgan fingerprint density at radius 3 is 2.86 bits per heavy atom. The highest BCUT2D eigenvalue weighted by molar-refractivity contribution is 5.43. The highest BCUT2D eigenvalue weighted by Gasteiger charge is 2.30. The maximum absolute atomic E-state index is 13.3. The predicted octanol–water partition coefficient (Wildman–Crippen LogP) is 3.70. The van der Waals surface area contributed by atoms with Gasteiger partial charge in [0.2, 0.25) is 0 Å². The van der Waals surface area contributed by atoms with Crippen LogP contribution in [0.5, 0.6) is 0 Å². The predicted molar refractivity (Wildman–Crippen MR) is 82.2 cm³/mol. The summed E-state index contributed by atoms with van der Waals surface area (Å²) < 4.78 is 15.3. The fraction of sp³-hybridized carbons (Fsp3) is 0.471. The molecule has 3 nitrogen and oxygen atoms in total. The second-order valence-electron chi connectivity index (χ2n) is 5.85. The standard InChI is InChI=1S/C17H22FN3/c1-3-8-19-10-14-11-20-21(17(14)13-4-5-13)16-7-6-15(18)9-12(16)2/h6-7,9,11,13,19H,3-5,8,10H2,1-2H3. The number of nitrogens with one attached hydrogen (secondary N) is 1. The molecular formula is C17H22FN3. The van der Waals surface area contributed by atoms with Crippen molar-refractivity contribution in [3.8, 4) is 5.69 Å². The molecule has 1 fully saturated rings. The summed E-state index contributed by atoms with van der Waals surface area (Å²) in [4.78, 5) is 0. The molecule has 3 rings (SSSR count). The van der Waals surface area contributed by atoms with Crippen molar-refractivity contribution < 1.29 is 4.39 Å². The van der Waals surface area contributed by atoms with Crippen molar-refractivity contribution in [2.24, 2.45) is 0 Å². The van der Waals surface area contributed by atoms with Crippen LogP contribution in [0.4, 0.5) is 4.39 Å². The highest BCUT2D eigenvalue weighted by Crippen LogP contribution is 2.42. The van der Waals surface area contributed by atoms with Gasteiger partial charge in [-0.2, -0.15) is 5.10 Å². The van der Waals surface area contributed by atoms with E-state index < -0.39 is 0 Å². The van der Waals surface area contributed by atoms with Crippen LogP contribution in [0.2, 0.25) is 0 Å². The number of aromatic nitrogens is 2. The maximum Gasteiger partial charge on any atom is 0.123 e. The lowest BCUT2D eigenvalue weighted by Gasteiger charge is -2.12. The van der Waals surface area contributed by atoms with Gasteiger partial charge in [0.05, 0.1) is 17.6 Å². The number of benzene rings is 1. The molecule has 1 aliphatic carbocycles. The van der Waals surface area contributed by atoms with Crippen LogP contribution in [0.15, 0.2) is 24.4 Å². The molecular weight excluding hydrogens is 265 g/mol. The Labute approximate surface area is 125 Å². The van der Waals surface area contributed by atoms with Gasteiger partial charge in [-0.25, -0.2) is 9.07 Å². The SMILES string of the molecule is CCCNCc1cnn(-c2ccc(F)cc2C)c1C1CC1. The van der Waals surface area contributed by atoms with E-state index in [1.165, 1.54) is 30.2 Å². The van der Waals surface area contributed by atoms with Crippen LogP contribution in [0.3, 0.4) is 0 Å². The Morgan fingerprint density at radius 1 is 1.38 bits per heavy atom. The van der Waals surface area contributed by atoms with Gasteiger partial charge in [-0.3, -0.25) is 0 Å². The summed E-state index contributed by atoms with van der Waals surface area (Å²) in [5.41, 5.74) is 4.48. The third-order valence-electron chi connectivity index (χ3n) is 3.98. The molecule has 0 saturated heterocycles. The van der Waals surface area contributed by atoms with Crippen molar-refractivity contribution in [1.29, 1.82) is 0 Å². The maximum atomic E-state index is 13.3. The van der Waals surface area contributed by atoms with E-state index in [1.807, 2.05) is 23.9 Å². The van der Waals surface area contributed by atoms with Crippen LogP contribution in [-0.2, 0) is 6.54 Å². The van der Waals surface area contributed by atoms with Gasteiger partial charge in [0, 0.05) is 18.0 Å². The first-order chi connectivity index (χ1) is 10.2. The van der Waals surface area contributed by atoms with Gasteiger partial charge in [-0.15, -0.1) is 0 Å². The third kappa shape index (κ3) is 3.00. The largest absolute Gasteiger partial charge is 0.313 e. The molecule has 1 heterocycles. The van der Waals surface area contributed by atoms with Gasteiger partial charge in [-0.05, 0) is 56.5 Å². The van der Waals surface area contributed by atoms with Crippen molar-refractivity contribution in [1.82, 2.24) is 15.1 Å². The first-order valence-electron chi connectivity index (χ1n) is 7.74. The van der Waals surface area contributed by atoms with Crippen LogP contribution < -0.4 is 5.32 Å². The van der Waals surface area contributed by atoms with Crippen molar-refractivity contribution >= 4 is 0 Å². The molecule has 1 aromatic heterocycles. The van der Waals surface area contributed by atoms with Gasteiger partial charge >= 0.3 is 0 Å². The van der Waals surface area contributed by atoms with Gasteiger partial charge in [0.1, 0.15) is 5.82 Å². The molecule has 112 valence electrons. The van der Waals surface area contributed by atoms with Gasteiger partial charge in [0.25, 0.3) is 0 Å². The van der Waals surface area contributed by atoms with E-state index in [9.17, 15) is 4.39 Å². The van der Waals surface area contributed by atoms with Gasteiger partial charge in [0.15, 0.2) is 0 Å². The van der Waals surface area contributed by atoms with Crippen molar-refractivity contribution in [3.05, 3.63) is 47.0 Å². The molecule has 0 atom stereocenters. The zero-order valence-electron chi connectivity index (χ0n) is 12.7. The minimum atomic E-state index is -0.193. The van der Waals surface area contributed by atoms with Crippen LogP contribution in [0.1, 0.15) is 48.9 Å². The van der Waals surface area contributed by atoms with Gasteiger partial charge < -0.3 is 5.32 Å². The molecule has 0 amide bonds. The van der Waals surface area contributed by atoms with Crippen LogP contribution in [0, 0.1) is 12.7 Å². The number of rotatable bonds is 6. The van der Waals surface area contributed by atoms with E-state index in [0.717, 1.165) is 30.8 Å². The molecule has 1 aromatic carbocycles. The third-order valence-corrected chi connectivity index (χ3v) is 3.98. The Bertz CT molecular complexity index is 629. The van der Waals surface area contributed by atoms with Crippen molar-refractivity contribution in [3.63, 3.8) is 0 Å². The zero-order valence-corrected chi connectivity index (χ0v) is 12.7. The average Bonchev–Trinajstić information content (AvgIpc) is 3.21. The lowest BCUT2D eigenvalue weighted by molar-refractivity contribution is 0.625. The summed E-state index contributed by atoms with van der Waals surface area (Å²) in [6.45, 7) is 5.98. The first-order valence-corrected chi connectivity index (χ1v) is 7.74. The van der Waals surface area contributed by atoms with E-state index in [-0.39, 0.29) is 5.82 Å². The molecule has 0 spiro atoms. The second-order valence-corrected chi connectivity index (χ2v) is 5.85.